The van der Waals surface area contributed by atoms with Gasteiger partial charge in [-0.2, -0.15) is 0 Å². The molecule has 0 aliphatic carbocycles. The van der Waals surface area contributed by atoms with Crippen LogP contribution in [0.15, 0.2) is 64.5 Å². The molecule has 2 rings (SSSR count). The van der Waals surface area contributed by atoms with Crippen molar-refractivity contribution >= 4 is 21.7 Å². The minimum atomic E-state index is -3.83. The van der Waals surface area contributed by atoms with Crippen LogP contribution in [0.25, 0.3) is 0 Å². The molecule has 0 atom stereocenters. The summed E-state index contributed by atoms with van der Waals surface area (Å²) in [6.07, 6.45) is 0.834. The van der Waals surface area contributed by atoms with E-state index in [4.69, 9.17) is 0 Å². The zero-order valence-corrected chi connectivity index (χ0v) is 16.3. The largest absolute Gasteiger partial charge is 0.356 e. The van der Waals surface area contributed by atoms with Crippen LogP contribution in [0, 0.1) is 10.1 Å². The molecular formula is C18H23N5O4S. The Labute approximate surface area is 164 Å². The molecule has 0 fully saturated rings. The van der Waals surface area contributed by atoms with Crippen molar-refractivity contribution in [1.82, 2.24) is 15.4 Å². The van der Waals surface area contributed by atoms with E-state index < -0.39 is 14.9 Å². The van der Waals surface area contributed by atoms with Gasteiger partial charge in [0, 0.05) is 38.8 Å². The van der Waals surface area contributed by atoms with Crippen LogP contribution in [0.3, 0.4) is 0 Å². The van der Waals surface area contributed by atoms with Crippen LogP contribution >= 0.6 is 0 Å². The fraction of sp³-hybridized carbons (Fsp3) is 0.278. The monoisotopic (exact) mass is 405 g/mol. The summed E-state index contributed by atoms with van der Waals surface area (Å²) in [5.41, 5.74) is 0.930. The second-order valence-electron chi connectivity index (χ2n) is 5.81. The molecule has 0 spiro atoms. The number of nitrogens with one attached hydrogen (secondary N) is 3. The summed E-state index contributed by atoms with van der Waals surface area (Å²) in [6, 6.07) is 14.9. The number of guanidine groups is 1. The van der Waals surface area contributed by atoms with Gasteiger partial charge in [0.25, 0.3) is 5.69 Å². The number of rotatable bonds is 9. The number of aliphatic imine (C=N–C) groups is 1. The maximum atomic E-state index is 12.2. The molecule has 0 radical (unpaired) electrons. The van der Waals surface area contributed by atoms with Crippen molar-refractivity contribution in [2.24, 2.45) is 4.99 Å². The van der Waals surface area contributed by atoms with Gasteiger partial charge in [-0.3, -0.25) is 15.1 Å². The Hall–Kier alpha value is -2.98. The van der Waals surface area contributed by atoms with Gasteiger partial charge in [-0.05, 0) is 18.1 Å². The molecule has 28 heavy (non-hydrogen) atoms. The molecular weight excluding hydrogens is 382 g/mol. The van der Waals surface area contributed by atoms with E-state index >= 15 is 0 Å². The third kappa shape index (κ3) is 6.63. The van der Waals surface area contributed by atoms with Crippen LogP contribution in [-0.4, -0.2) is 46.0 Å². The van der Waals surface area contributed by atoms with Crippen molar-refractivity contribution in [3.05, 3.63) is 70.3 Å². The highest BCUT2D eigenvalue weighted by Gasteiger charge is 2.16. The Morgan fingerprint density at radius 2 is 1.75 bits per heavy atom. The number of hydrogen-bond acceptors (Lipinski definition) is 5. The summed E-state index contributed by atoms with van der Waals surface area (Å²) in [5.74, 6) is 0.561. The topological polar surface area (TPSA) is 126 Å². The van der Waals surface area contributed by atoms with Gasteiger partial charge >= 0.3 is 0 Å². The van der Waals surface area contributed by atoms with E-state index in [0.717, 1.165) is 12.5 Å². The summed E-state index contributed by atoms with van der Waals surface area (Å²) < 4.78 is 26.9. The van der Waals surface area contributed by atoms with Gasteiger partial charge in [0.15, 0.2) is 5.96 Å². The van der Waals surface area contributed by atoms with Crippen molar-refractivity contribution in [2.75, 3.05) is 26.7 Å². The molecule has 2 aromatic carbocycles. The maximum Gasteiger partial charge on any atom is 0.270 e. The van der Waals surface area contributed by atoms with Gasteiger partial charge in [-0.1, -0.05) is 36.4 Å². The quantitative estimate of drug-likeness (QED) is 0.190. The number of nitro benzene ring substituents is 1. The lowest BCUT2D eigenvalue weighted by molar-refractivity contribution is -0.385. The zero-order valence-electron chi connectivity index (χ0n) is 15.5. The molecule has 0 aliphatic heterocycles. The SMILES string of the molecule is CN=C(NCCNS(=O)(=O)c1cccc([N+](=O)[O-])c1)NCCc1ccccc1. The van der Waals surface area contributed by atoms with Gasteiger partial charge in [0.2, 0.25) is 10.0 Å². The van der Waals surface area contributed by atoms with Crippen molar-refractivity contribution in [1.29, 1.82) is 0 Å². The number of sulfonamides is 1. The zero-order chi connectivity index (χ0) is 20.4. The van der Waals surface area contributed by atoms with Crippen LogP contribution in [0.4, 0.5) is 5.69 Å². The number of non-ortho nitro benzene ring substituents is 1. The predicted octanol–water partition coefficient (Wildman–Crippen LogP) is 1.28. The lowest BCUT2D eigenvalue weighted by Gasteiger charge is -2.12. The highest BCUT2D eigenvalue weighted by Crippen LogP contribution is 2.16. The first kappa shape index (κ1) is 21.3. The molecule has 0 amide bonds. The van der Waals surface area contributed by atoms with E-state index in [1.54, 1.807) is 7.05 Å². The smallest absolute Gasteiger partial charge is 0.270 e. The van der Waals surface area contributed by atoms with Gasteiger partial charge in [-0.15, -0.1) is 0 Å². The Kier molecular flexibility index (Phi) is 7.90. The highest BCUT2D eigenvalue weighted by atomic mass is 32.2. The van der Waals surface area contributed by atoms with Crippen LogP contribution in [0.1, 0.15) is 5.56 Å². The van der Waals surface area contributed by atoms with Crippen LogP contribution < -0.4 is 15.4 Å². The Balaban J connectivity index is 1.77. The van der Waals surface area contributed by atoms with Crippen LogP contribution in [-0.2, 0) is 16.4 Å². The number of benzene rings is 2. The minimum absolute atomic E-state index is 0.102. The summed E-state index contributed by atoms with van der Waals surface area (Å²) in [6.45, 7) is 1.09. The molecule has 0 unspecified atom stereocenters. The average Bonchev–Trinajstić information content (AvgIpc) is 2.70. The molecule has 150 valence electrons. The van der Waals surface area contributed by atoms with E-state index in [0.29, 0.717) is 19.0 Å². The third-order valence-corrected chi connectivity index (χ3v) is 5.28. The normalized spacial score (nSPS) is 11.8. The maximum absolute atomic E-state index is 12.2. The molecule has 0 heterocycles. The number of nitro groups is 1. The molecule has 0 aromatic heterocycles. The highest BCUT2D eigenvalue weighted by molar-refractivity contribution is 7.89. The second-order valence-corrected chi connectivity index (χ2v) is 7.58. The summed E-state index contributed by atoms with van der Waals surface area (Å²) >= 11 is 0. The van der Waals surface area contributed by atoms with E-state index in [1.807, 2.05) is 30.3 Å². The van der Waals surface area contributed by atoms with Gasteiger partial charge in [0.05, 0.1) is 9.82 Å². The van der Waals surface area contributed by atoms with Gasteiger partial charge in [0.1, 0.15) is 0 Å². The summed E-state index contributed by atoms with van der Waals surface area (Å²) in [4.78, 5) is 14.1. The Morgan fingerprint density at radius 1 is 1.04 bits per heavy atom. The molecule has 0 saturated carbocycles. The molecule has 9 nitrogen and oxygen atoms in total. The summed E-state index contributed by atoms with van der Waals surface area (Å²) in [7, 11) is -2.20. The minimum Gasteiger partial charge on any atom is -0.356 e. The lowest BCUT2D eigenvalue weighted by atomic mass is 10.1. The molecule has 0 aliphatic rings. The molecule has 2 aromatic rings. The van der Waals surface area contributed by atoms with E-state index in [-0.39, 0.29) is 17.1 Å². The fourth-order valence-electron chi connectivity index (χ4n) is 2.40. The lowest BCUT2D eigenvalue weighted by Crippen LogP contribution is -2.42. The Bertz CT molecular complexity index is 917. The number of hydrogen-bond donors (Lipinski definition) is 3. The van der Waals surface area contributed by atoms with Gasteiger partial charge < -0.3 is 10.6 Å². The predicted molar refractivity (Wildman–Crippen MR) is 108 cm³/mol. The fourth-order valence-corrected chi connectivity index (χ4v) is 3.48. The first-order valence-corrected chi connectivity index (χ1v) is 10.1. The van der Waals surface area contributed by atoms with E-state index in [1.165, 1.54) is 23.8 Å². The molecule has 10 heteroatoms. The van der Waals surface area contributed by atoms with Crippen molar-refractivity contribution in [3.63, 3.8) is 0 Å². The standard InChI is InChI=1S/C18H23N5O4S/c1-19-18(20-11-10-15-6-3-2-4-7-15)21-12-13-22-28(26,27)17-9-5-8-16(14-17)23(24)25/h2-9,14,22H,10-13H2,1H3,(H2,19,20,21). The second kappa shape index (κ2) is 10.4. The van der Waals surface area contributed by atoms with Crippen molar-refractivity contribution in [2.45, 2.75) is 11.3 Å². The summed E-state index contributed by atoms with van der Waals surface area (Å²) in [5, 5.41) is 17.0. The van der Waals surface area contributed by atoms with Crippen molar-refractivity contribution in [3.8, 4) is 0 Å². The average molecular weight is 405 g/mol. The Morgan fingerprint density at radius 3 is 2.43 bits per heavy atom. The van der Waals surface area contributed by atoms with E-state index in [9.17, 15) is 18.5 Å². The van der Waals surface area contributed by atoms with Crippen molar-refractivity contribution < 1.29 is 13.3 Å². The number of nitrogens with zero attached hydrogens (tertiary/aromatic N) is 2. The molecule has 0 saturated heterocycles. The first-order chi connectivity index (χ1) is 13.4. The van der Waals surface area contributed by atoms with Crippen LogP contribution in [0.5, 0.6) is 0 Å². The van der Waals surface area contributed by atoms with E-state index in [2.05, 4.69) is 20.3 Å². The third-order valence-electron chi connectivity index (χ3n) is 3.82. The molecule has 0 bridgehead atoms. The first-order valence-electron chi connectivity index (χ1n) is 8.65. The van der Waals surface area contributed by atoms with Crippen LogP contribution in [0.2, 0.25) is 0 Å². The van der Waals surface area contributed by atoms with Gasteiger partial charge in [-0.25, -0.2) is 13.1 Å². The molecule has 3 N–H and O–H groups in total.